The molecule has 0 radical (unpaired) electrons. The van der Waals surface area contributed by atoms with E-state index in [2.05, 4.69) is 30.2 Å². The molecule has 2 aromatic heterocycles. The molecule has 2 saturated heterocycles. The molecule has 1 N–H and O–H groups in total. The number of morpholine rings is 1. The molecule has 25 heavy (non-hydrogen) atoms. The fraction of sp³-hybridized carbons (Fsp3) is 0.500. The predicted octanol–water partition coefficient (Wildman–Crippen LogP) is 0.933. The molecule has 2 aromatic rings. The molecule has 1 atom stereocenters. The van der Waals surface area contributed by atoms with Gasteiger partial charge in [0.05, 0.1) is 19.4 Å². The smallest absolute Gasteiger partial charge is 0.224 e. The number of hydrogen-bond donors (Lipinski definition) is 1. The van der Waals surface area contributed by atoms with Gasteiger partial charge in [-0.05, 0) is 12.5 Å². The number of ether oxygens (including phenoxy) is 1. The molecule has 0 saturated carbocycles. The first-order valence-electron chi connectivity index (χ1n) is 8.42. The van der Waals surface area contributed by atoms with E-state index in [0.29, 0.717) is 18.3 Å². The first-order valence-corrected chi connectivity index (χ1v) is 8.42. The van der Waals surface area contributed by atoms with Crippen molar-refractivity contribution in [2.45, 2.75) is 12.5 Å². The largest absolute Gasteiger partial charge is 0.378 e. The summed E-state index contributed by atoms with van der Waals surface area (Å²) in [6.45, 7) is 4.48. The van der Waals surface area contributed by atoms with Crippen molar-refractivity contribution in [1.29, 1.82) is 0 Å². The average molecular weight is 345 g/mol. The van der Waals surface area contributed by atoms with Crippen molar-refractivity contribution in [3.63, 3.8) is 0 Å². The first kappa shape index (κ1) is 15.9. The third-order valence-electron chi connectivity index (χ3n) is 4.45. The Hall–Kier alpha value is -2.55. The normalized spacial score (nSPS) is 20.8. The lowest BCUT2D eigenvalue weighted by atomic mass is 10.3. The monoisotopic (exact) mass is 345 g/mol. The van der Waals surface area contributed by atoms with Gasteiger partial charge in [0.25, 0.3) is 0 Å². The van der Waals surface area contributed by atoms with Gasteiger partial charge < -0.3 is 19.9 Å². The van der Waals surface area contributed by atoms with E-state index < -0.39 is 5.82 Å². The molecule has 132 valence electrons. The fourth-order valence-electron chi connectivity index (χ4n) is 3.18. The second kappa shape index (κ2) is 7.14. The topological polar surface area (TPSA) is 79.3 Å². The van der Waals surface area contributed by atoms with Gasteiger partial charge in [0.2, 0.25) is 5.95 Å². The standard InChI is InChI=1S/C16H20FN7O/c17-13-9-18-11-20-15(13)24-4-2-12(10-24)21-16-19-3-1-14(22-16)23-5-7-25-8-6-23/h1,3,9,11-12H,2,4-8,10H2,(H,19,21,22). The molecule has 0 bridgehead atoms. The minimum atomic E-state index is -0.395. The molecule has 2 aliphatic heterocycles. The van der Waals surface area contributed by atoms with Crippen LogP contribution in [0.4, 0.5) is 22.0 Å². The van der Waals surface area contributed by atoms with Crippen LogP contribution in [0.2, 0.25) is 0 Å². The lowest BCUT2D eigenvalue weighted by Crippen LogP contribution is -2.37. The Kier molecular flexibility index (Phi) is 4.55. The minimum Gasteiger partial charge on any atom is -0.378 e. The molecule has 1 unspecified atom stereocenters. The maximum Gasteiger partial charge on any atom is 0.224 e. The summed E-state index contributed by atoms with van der Waals surface area (Å²) in [6, 6.07) is 2.06. The SMILES string of the molecule is Fc1cncnc1N1CCC(Nc2nccc(N3CCOCC3)n2)C1. The van der Waals surface area contributed by atoms with Gasteiger partial charge in [-0.25, -0.2) is 19.3 Å². The number of hydrogen-bond acceptors (Lipinski definition) is 8. The van der Waals surface area contributed by atoms with Crippen molar-refractivity contribution in [3.05, 3.63) is 30.6 Å². The lowest BCUT2D eigenvalue weighted by molar-refractivity contribution is 0.122. The number of nitrogens with zero attached hydrogens (tertiary/aromatic N) is 6. The zero-order chi connectivity index (χ0) is 17.1. The van der Waals surface area contributed by atoms with Crippen molar-refractivity contribution >= 4 is 17.6 Å². The van der Waals surface area contributed by atoms with E-state index in [1.165, 1.54) is 12.5 Å². The molecule has 0 spiro atoms. The highest BCUT2D eigenvalue weighted by molar-refractivity contribution is 5.45. The molecule has 4 rings (SSSR count). The van der Waals surface area contributed by atoms with Gasteiger partial charge in [0.1, 0.15) is 12.1 Å². The van der Waals surface area contributed by atoms with Gasteiger partial charge in [0.15, 0.2) is 11.6 Å². The number of rotatable bonds is 4. The molecule has 4 heterocycles. The van der Waals surface area contributed by atoms with Crippen molar-refractivity contribution < 1.29 is 9.13 Å². The quantitative estimate of drug-likeness (QED) is 0.877. The van der Waals surface area contributed by atoms with Crippen molar-refractivity contribution in [1.82, 2.24) is 19.9 Å². The van der Waals surface area contributed by atoms with Gasteiger partial charge in [0, 0.05) is 38.4 Å². The van der Waals surface area contributed by atoms with E-state index in [0.717, 1.165) is 45.1 Å². The third kappa shape index (κ3) is 3.60. The molecule has 0 aliphatic carbocycles. The van der Waals surface area contributed by atoms with Gasteiger partial charge in [-0.3, -0.25) is 0 Å². The summed E-state index contributed by atoms with van der Waals surface area (Å²) in [7, 11) is 0. The minimum absolute atomic E-state index is 0.148. The van der Waals surface area contributed by atoms with Crippen molar-refractivity contribution in [2.24, 2.45) is 0 Å². The zero-order valence-electron chi connectivity index (χ0n) is 13.8. The van der Waals surface area contributed by atoms with Crippen LogP contribution in [0, 0.1) is 5.82 Å². The Morgan fingerprint density at radius 3 is 2.88 bits per heavy atom. The van der Waals surface area contributed by atoms with Crippen LogP contribution in [-0.4, -0.2) is 65.4 Å². The third-order valence-corrected chi connectivity index (χ3v) is 4.45. The van der Waals surface area contributed by atoms with Crippen LogP contribution < -0.4 is 15.1 Å². The maximum absolute atomic E-state index is 13.8. The number of nitrogens with one attached hydrogen (secondary N) is 1. The second-order valence-corrected chi connectivity index (χ2v) is 6.11. The number of aromatic nitrogens is 4. The van der Waals surface area contributed by atoms with Crippen LogP contribution in [0.15, 0.2) is 24.8 Å². The highest BCUT2D eigenvalue weighted by Gasteiger charge is 2.26. The summed E-state index contributed by atoms with van der Waals surface area (Å²) >= 11 is 0. The zero-order valence-corrected chi connectivity index (χ0v) is 13.8. The molecule has 2 aliphatic rings. The number of anilines is 3. The van der Waals surface area contributed by atoms with E-state index in [1.54, 1.807) is 6.20 Å². The van der Waals surface area contributed by atoms with E-state index in [1.807, 2.05) is 11.0 Å². The summed E-state index contributed by atoms with van der Waals surface area (Å²) in [5, 5.41) is 3.35. The summed E-state index contributed by atoms with van der Waals surface area (Å²) < 4.78 is 19.2. The van der Waals surface area contributed by atoms with Gasteiger partial charge in [-0.2, -0.15) is 4.98 Å². The van der Waals surface area contributed by atoms with E-state index in [9.17, 15) is 4.39 Å². The summed E-state index contributed by atoms with van der Waals surface area (Å²) in [5.41, 5.74) is 0. The summed E-state index contributed by atoms with van der Waals surface area (Å²) in [6.07, 6.45) is 5.19. The molecular formula is C16H20FN7O. The van der Waals surface area contributed by atoms with Crippen molar-refractivity contribution in [2.75, 3.05) is 54.5 Å². The van der Waals surface area contributed by atoms with Crippen LogP contribution in [0.1, 0.15) is 6.42 Å². The highest BCUT2D eigenvalue weighted by atomic mass is 19.1. The van der Waals surface area contributed by atoms with Gasteiger partial charge in [-0.1, -0.05) is 0 Å². The summed E-state index contributed by atoms with van der Waals surface area (Å²) in [5.74, 6) is 1.45. The van der Waals surface area contributed by atoms with E-state index in [-0.39, 0.29) is 6.04 Å². The Morgan fingerprint density at radius 2 is 2.04 bits per heavy atom. The fourth-order valence-corrected chi connectivity index (χ4v) is 3.18. The predicted molar refractivity (Wildman–Crippen MR) is 91.3 cm³/mol. The average Bonchev–Trinajstić information content (AvgIpc) is 3.11. The Bertz CT molecular complexity index is 725. The highest BCUT2D eigenvalue weighted by Crippen LogP contribution is 2.22. The summed E-state index contributed by atoms with van der Waals surface area (Å²) in [4.78, 5) is 20.8. The van der Waals surface area contributed by atoms with Gasteiger partial charge >= 0.3 is 0 Å². The molecule has 0 aromatic carbocycles. The molecule has 8 nitrogen and oxygen atoms in total. The Balaban J connectivity index is 1.40. The molecular weight excluding hydrogens is 325 g/mol. The van der Waals surface area contributed by atoms with Crippen LogP contribution in [0.3, 0.4) is 0 Å². The van der Waals surface area contributed by atoms with Crippen LogP contribution in [0.25, 0.3) is 0 Å². The molecule has 9 heteroatoms. The Morgan fingerprint density at radius 1 is 1.16 bits per heavy atom. The number of halogens is 1. The van der Waals surface area contributed by atoms with E-state index >= 15 is 0 Å². The Labute approximate surface area is 145 Å². The van der Waals surface area contributed by atoms with Crippen LogP contribution >= 0.6 is 0 Å². The first-order chi connectivity index (χ1) is 12.3. The second-order valence-electron chi connectivity index (χ2n) is 6.11. The van der Waals surface area contributed by atoms with Crippen LogP contribution in [-0.2, 0) is 4.74 Å². The molecule has 0 amide bonds. The van der Waals surface area contributed by atoms with Crippen molar-refractivity contribution in [3.8, 4) is 0 Å². The maximum atomic E-state index is 13.8. The van der Waals surface area contributed by atoms with E-state index in [4.69, 9.17) is 4.74 Å². The van der Waals surface area contributed by atoms with Crippen LogP contribution in [0.5, 0.6) is 0 Å². The molecule has 2 fully saturated rings. The van der Waals surface area contributed by atoms with Gasteiger partial charge in [-0.15, -0.1) is 0 Å². The lowest BCUT2D eigenvalue weighted by Gasteiger charge is -2.28.